The first kappa shape index (κ1) is 13.9. The smallest absolute Gasteiger partial charge is 0.326 e. The highest BCUT2D eigenvalue weighted by molar-refractivity contribution is 6.30. The van der Waals surface area contributed by atoms with E-state index in [2.05, 4.69) is 15.0 Å². The number of aromatic nitrogens is 1. The highest BCUT2D eigenvalue weighted by Gasteiger charge is 2.12. The van der Waals surface area contributed by atoms with E-state index in [1.165, 1.54) is 25.3 Å². The number of carbonyl (C=O) groups is 2. The number of hydrogen-bond acceptors (Lipinski definition) is 5. The van der Waals surface area contributed by atoms with Crippen LogP contribution in [0.2, 0.25) is 5.02 Å². The molecule has 94 valence electrons. The van der Waals surface area contributed by atoms with Crippen LogP contribution in [0, 0.1) is 11.3 Å². The molecule has 0 saturated carbocycles. The largest absolute Gasteiger partial charge is 0.446 e. The molecule has 1 heterocycles. The maximum absolute atomic E-state index is 11.6. The average molecular weight is 268 g/mol. The van der Waals surface area contributed by atoms with Crippen molar-refractivity contribution in [1.82, 2.24) is 10.3 Å². The van der Waals surface area contributed by atoms with Crippen molar-refractivity contribution in [2.45, 2.75) is 13.0 Å². The Morgan fingerprint density at radius 1 is 1.67 bits per heavy atom. The maximum atomic E-state index is 11.6. The number of nitrogens with one attached hydrogen (secondary N) is 1. The van der Waals surface area contributed by atoms with Gasteiger partial charge in [-0.2, -0.15) is 5.26 Å². The van der Waals surface area contributed by atoms with Crippen molar-refractivity contribution in [1.29, 1.82) is 5.26 Å². The van der Waals surface area contributed by atoms with Crippen molar-refractivity contribution in [2.24, 2.45) is 0 Å². The molecule has 6 nitrogen and oxygen atoms in total. The van der Waals surface area contributed by atoms with Gasteiger partial charge in [0.25, 0.3) is 5.91 Å². The van der Waals surface area contributed by atoms with Gasteiger partial charge in [0, 0.05) is 11.2 Å². The van der Waals surface area contributed by atoms with E-state index < -0.39 is 18.0 Å². The Hall–Kier alpha value is -2.13. The molecule has 1 N–H and O–H groups in total. The lowest BCUT2D eigenvalue weighted by Gasteiger charge is -2.07. The van der Waals surface area contributed by atoms with Gasteiger partial charge in [-0.15, -0.1) is 0 Å². The van der Waals surface area contributed by atoms with E-state index in [4.69, 9.17) is 16.9 Å². The standard InChI is InChI=1S/C11H10ClN3O3/c1-7(5-13)18-10(16)6-15-11(17)9-4-8(12)2-3-14-9/h2-4,7H,6H2,1H3,(H,15,17)/t7-/m0/s1. The van der Waals surface area contributed by atoms with Crippen molar-refractivity contribution in [3.05, 3.63) is 29.0 Å². The fraction of sp³-hybridized carbons (Fsp3) is 0.273. The lowest BCUT2D eigenvalue weighted by Crippen LogP contribution is -2.32. The summed E-state index contributed by atoms with van der Waals surface area (Å²) in [5.41, 5.74) is 0.101. The summed E-state index contributed by atoms with van der Waals surface area (Å²) in [6.45, 7) is 1.09. The number of amides is 1. The van der Waals surface area contributed by atoms with E-state index in [0.29, 0.717) is 5.02 Å². The third kappa shape index (κ3) is 4.39. The van der Waals surface area contributed by atoms with E-state index >= 15 is 0 Å². The van der Waals surface area contributed by atoms with Crippen LogP contribution in [0.5, 0.6) is 0 Å². The molecule has 0 aromatic carbocycles. The number of hydrogen-bond donors (Lipinski definition) is 1. The number of nitriles is 1. The van der Waals surface area contributed by atoms with Gasteiger partial charge in [-0.05, 0) is 19.1 Å². The Kier molecular flexibility index (Phi) is 5.08. The van der Waals surface area contributed by atoms with Gasteiger partial charge >= 0.3 is 5.97 Å². The quantitative estimate of drug-likeness (QED) is 0.819. The monoisotopic (exact) mass is 267 g/mol. The molecule has 0 saturated heterocycles. The molecule has 0 spiro atoms. The third-order valence-electron chi connectivity index (χ3n) is 1.84. The second-order valence-electron chi connectivity index (χ2n) is 3.30. The van der Waals surface area contributed by atoms with Gasteiger partial charge in [0.15, 0.2) is 6.10 Å². The first-order chi connectivity index (χ1) is 8.52. The molecule has 7 heteroatoms. The summed E-state index contributed by atoms with van der Waals surface area (Å²) < 4.78 is 4.65. The van der Waals surface area contributed by atoms with Gasteiger partial charge in [-0.1, -0.05) is 11.6 Å². The van der Waals surface area contributed by atoms with E-state index in [9.17, 15) is 9.59 Å². The SMILES string of the molecule is C[C@@H](C#N)OC(=O)CNC(=O)c1cc(Cl)ccn1. The summed E-state index contributed by atoms with van der Waals surface area (Å²) in [6, 6.07) is 4.64. The lowest BCUT2D eigenvalue weighted by molar-refractivity contribution is -0.144. The number of ether oxygens (including phenoxy) is 1. The van der Waals surface area contributed by atoms with Crippen LogP contribution in [-0.2, 0) is 9.53 Å². The van der Waals surface area contributed by atoms with Crippen LogP contribution in [0.3, 0.4) is 0 Å². The van der Waals surface area contributed by atoms with Crippen molar-refractivity contribution >= 4 is 23.5 Å². The highest BCUT2D eigenvalue weighted by atomic mass is 35.5. The molecule has 1 rings (SSSR count). The van der Waals surface area contributed by atoms with Crippen LogP contribution in [-0.4, -0.2) is 29.5 Å². The number of pyridine rings is 1. The second-order valence-corrected chi connectivity index (χ2v) is 3.74. The Bertz CT molecular complexity index is 499. The van der Waals surface area contributed by atoms with Gasteiger partial charge in [0.2, 0.25) is 0 Å². The summed E-state index contributed by atoms with van der Waals surface area (Å²) in [6.07, 6.45) is 0.534. The van der Waals surface area contributed by atoms with Crippen LogP contribution in [0.25, 0.3) is 0 Å². The second kappa shape index (κ2) is 6.57. The number of esters is 1. The first-order valence-corrected chi connectivity index (χ1v) is 5.39. The van der Waals surface area contributed by atoms with Crippen LogP contribution in [0.1, 0.15) is 17.4 Å². The average Bonchev–Trinajstić information content (AvgIpc) is 2.35. The summed E-state index contributed by atoms with van der Waals surface area (Å²) >= 11 is 5.69. The molecule has 0 fully saturated rings. The Morgan fingerprint density at radius 3 is 3.00 bits per heavy atom. The molecule has 0 aliphatic rings. The van der Waals surface area contributed by atoms with Gasteiger partial charge < -0.3 is 10.1 Å². The molecule has 18 heavy (non-hydrogen) atoms. The van der Waals surface area contributed by atoms with Gasteiger partial charge in [0.1, 0.15) is 18.3 Å². The minimum atomic E-state index is -0.848. The summed E-state index contributed by atoms with van der Waals surface area (Å²) in [5, 5.41) is 11.1. The van der Waals surface area contributed by atoms with E-state index in [0.717, 1.165) is 0 Å². The minimum Gasteiger partial charge on any atom is -0.446 e. The summed E-state index contributed by atoms with van der Waals surface area (Å²) in [4.78, 5) is 26.5. The predicted molar refractivity (Wildman–Crippen MR) is 62.7 cm³/mol. The van der Waals surface area contributed by atoms with Gasteiger partial charge in [0.05, 0.1) is 0 Å². The normalized spacial score (nSPS) is 11.2. The molecule has 0 bridgehead atoms. The number of carbonyl (C=O) groups excluding carboxylic acids is 2. The Balaban J connectivity index is 2.47. The van der Waals surface area contributed by atoms with Crippen molar-refractivity contribution in [3.63, 3.8) is 0 Å². The molecule has 1 atom stereocenters. The van der Waals surface area contributed by atoms with E-state index in [1.807, 2.05) is 0 Å². The van der Waals surface area contributed by atoms with Crippen LogP contribution >= 0.6 is 11.6 Å². The molecular weight excluding hydrogens is 258 g/mol. The molecular formula is C11H10ClN3O3. The highest BCUT2D eigenvalue weighted by Crippen LogP contribution is 2.07. The fourth-order valence-electron chi connectivity index (χ4n) is 1.04. The number of halogens is 1. The first-order valence-electron chi connectivity index (χ1n) is 5.01. The zero-order chi connectivity index (χ0) is 13.5. The van der Waals surface area contributed by atoms with Gasteiger partial charge in [-0.3, -0.25) is 14.6 Å². The van der Waals surface area contributed by atoms with Crippen molar-refractivity contribution in [3.8, 4) is 6.07 Å². The maximum Gasteiger partial charge on any atom is 0.326 e. The summed E-state index contributed by atoms with van der Waals surface area (Å²) in [5.74, 6) is -1.24. The topological polar surface area (TPSA) is 92.1 Å². The zero-order valence-electron chi connectivity index (χ0n) is 9.51. The molecule has 0 aliphatic carbocycles. The molecule has 0 unspecified atom stereocenters. The van der Waals surface area contributed by atoms with Gasteiger partial charge in [-0.25, -0.2) is 0 Å². The Labute approximate surface area is 109 Å². The Morgan fingerprint density at radius 2 is 2.39 bits per heavy atom. The van der Waals surface area contributed by atoms with Crippen LogP contribution in [0.15, 0.2) is 18.3 Å². The molecule has 1 aromatic heterocycles. The van der Waals surface area contributed by atoms with E-state index in [1.54, 1.807) is 6.07 Å². The van der Waals surface area contributed by atoms with Crippen LogP contribution in [0.4, 0.5) is 0 Å². The van der Waals surface area contributed by atoms with E-state index in [-0.39, 0.29) is 12.2 Å². The molecule has 0 aliphatic heterocycles. The predicted octanol–water partition coefficient (Wildman–Crippen LogP) is 0.920. The zero-order valence-corrected chi connectivity index (χ0v) is 10.3. The third-order valence-corrected chi connectivity index (χ3v) is 2.07. The minimum absolute atomic E-state index is 0.101. The molecule has 1 amide bonds. The molecule has 0 radical (unpaired) electrons. The van der Waals surface area contributed by atoms with Crippen molar-refractivity contribution < 1.29 is 14.3 Å². The molecule has 1 aromatic rings. The number of nitrogens with zero attached hydrogens (tertiary/aromatic N) is 2. The fourth-order valence-corrected chi connectivity index (χ4v) is 1.20. The summed E-state index contributed by atoms with van der Waals surface area (Å²) in [7, 11) is 0. The van der Waals surface area contributed by atoms with Crippen molar-refractivity contribution in [2.75, 3.05) is 6.54 Å². The van der Waals surface area contributed by atoms with Crippen LogP contribution < -0.4 is 5.32 Å². The number of rotatable bonds is 4. The lowest BCUT2D eigenvalue weighted by atomic mass is 10.3.